The number of carbonyl (C=O) groups excluding carboxylic acids is 1. The molecule has 1 fully saturated rings. The predicted octanol–water partition coefficient (Wildman–Crippen LogP) is 5.48. The molecule has 0 bridgehead atoms. The van der Waals surface area contributed by atoms with Gasteiger partial charge < -0.3 is 9.42 Å². The molecule has 0 aliphatic carbocycles. The normalized spacial score (nSPS) is 17.9. The van der Waals surface area contributed by atoms with Gasteiger partial charge in [0.1, 0.15) is 0 Å². The third kappa shape index (κ3) is 3.91. The third-order valence-corrected chi connectivity index (χ3v) is 5.53. The number of alkyl halides is 3. The Labute approximate surface area is 171 Å². The standard InChI is InChI=1S/C22H22F3N3O2/c1-13-6-3-4-9-28(12-13)21(29)17-11-18(26-20-19(17)14(2)27-30-20)15-7-5-8-16(10-15)22(23,24)25/h5,7-8,10-11,13H,3-4,6,9,12H2,1-2H3. The lowest BCUT2D eigenvalue weighted by Gasteiger charge is -2.23. The van der Waals surface area contributed by atoms with Gasteiger partial charge in [-0.05, 0) is 43.9 Å². The molecule has 1 atom stereocenters. The maximum atomic E-state index is 13.4. The van der Waals surface area contributed by atoms with E-state index in [0.29, 0.717) is 35.7 Å². The second-order valence-electron chi connectivity index (χ2n) is 7.93. The van der Waals surface area contributed by atoms with Gasteiger partial charge in [-0.1, -0.05) is 30.6 Å². The summed E-state index contributed by atoms with van der Waals surface area (Å²) in [6.07, 6.45) is -1.41. The van der Waals surface area contributed by atoms with Gasteiger partial charge in [-0.3, -0.25) is 4.79 Å². The molecule has 1 aliphatic heterocycles. The molecular weight excluding hydrogens is 395 g/mol. The lowest BCUT2D eigenvalue weighted by molar-refractivity contribution is -0.137. The first-order chi connectivity index (χ1) is 14.2. The van der Waals surface area contributed by atoms with Crippen LogP contribution in [0.5, 0.6) is 0 Å². The molecule has 1 aliphatic rings. The third-order valence-electron chi connectivity index (χ3n) is 5.53. The summed E-state index contributed by atoms with van der Waals surface area (Å²) >= 11 is 0. The van der Waals surface area contributed by atoms with Crippen LogP contribution in [0.25, 0.3) is 22.4 Å². The molecule has 1 aromatic carbocycles. The Morgan fingerprint density at radius 1 is 1.23 bits per heavy atom. The molecule has 30 heavy (non-hydrogen) atoms. The highest BCUT2D eigenvalue weighted by Gasteiger charge is 2.31. The Hall–Kier alpha value is -2.90. The van der Waals surface area contributed by atoms with Crippen molar-refractivity contribution in [3.05, 3.63) is 47.2 Å². The second-order valence-corrected chi connectivity index (χ2v) is 7.93. The summed E-state index contributed by atoms with van der Waals surface area (Å²) in [5.41, 5.74) is 0.771. The summed E-state index contributed by atoms with van der Waals surface area (Å²) in [6.45, 7) is 5.13. The van der Waals surface area contributed by atoms with E-state index in [0.717, 1.165) is 31.4 Å². The number of hydrogen-bond donors (Lipinski definition) is 0. The van der Waals surface area contributed by atoms with Crippen molar-refractivity contribution in [2.24, 2.45) is 5.92 Å². The molecule has 158 valence electrons. The van der Waals surface area contributed by atoms with Crippen molar-refractivity contribution in [1.29, 1.82) is 0 Å². The molecule has 0 saturated carbocycles. The van der Waals surface area contributed by atoms with Crippen LogP contribution in [0.15, 0.2) is 34.9 Å². The molecule has 5 nitrogen and oxygen atoms in total. The number of benzene rings is 1. The van der Waals surface area contributed by atoms with E-state index >= 15 is 0 Å². The summed E-state index contributed by atoms with van der Waals surface area (Å²) in [5, 5.41) is 4.43. The number of rotatable bonds is 2. The van der Waals surface area contributed by atoms with E-state index in [9.17, 15) is 18.0 Å². The Balaban J connectivity index is 1.82. The Morgan fingerprint density at radius 2 is 2.03 bits per heavy atom. The van der Waals surface area contributed by atoms with Crippen LogP contribution < -0.4 is 0 Å². The van der Waals surface area contributed by atoms with E-state index in [1.165, 1.54) is 12.1 Å². The topological polar surface area (TPSA) is 59.2 Å². The SMILES string of the molecule is Cc1noc2nc(-c3cccc(C(F)(F)F)c3)cc(C(=O)N3CCCCC(C)C3)c12. The van der Waals surface area contributed by atoms with Crippen LogP contribution in [-0.4, -0.2) is 34.0 Å². The van der Waals surface area contributed by atoms with Gasteiger partial charge in [-0.25, -0.2) is 4.98 Å². The van der Waals surface area contributed by atoms with Gasteiger partial charge in [-0.15, -0.1) is 0 Å². The van der Waals surface area contributed by atoms with E-state index in [4.69, 9.17) is 4.52 Å². The fourth-order valence-electron chi connectivity index (χ4n) is 3.98. The molecular formula is C22H22F3N3O2. The summed E-state index contributed by atoms with van der Waals surface area (Å²) in [5.74, 6) is 0.218. The van der Waals surface area contributed by atoms with Gasteiger partial charge in [0.05, 0.1) is 27.9 Å². The monoisotopic (exact) mass is 417 g/mol. The van der Waals surface area contributed by atoms with E-state index in [2.05, 4.69) is 17.1 Å². The maximum Gasteiger partial charge on any atom is 0.416 e. The van der Waals surface area contributed by atoms with Crippen LogP contribution in [0.4, 0.5) is 13.2 Å². The summed E-state index contributed by atoms with van der Waals surface area (Å²) in [7, 11) is 0. The quantitative estimate of drug-likeness (QED) is 0.554. The van der Waals surface area contributed by atoms with Crippen LogP contribution in [0.3, 0.4) is 0 Å². The highest BCUT2D eigenvalue weighted by molar-refractivity contribution is 6.07. The Kier molecular flexibility index (Phi) is 5.26. The Morgan fingerprint density at radius 3 is 2.80 bits per heavy atom. The van der Waals surface area contributed by atoms with Crippen LogP contribution in [0.1, 0.15) is 47.8 Å². The minimum absolute atomic E-state index is 0.147. The zero-order valence-corrected chi connectivity index (χ0v) is 16.8. The fraction of sp³-hybridized carbons (Fsp3) is 0.409. The zero-order valence-electron chi connectivity index (χ0n) is 16.8. The minimum atomic E-state index is -4.47. The van der Waals surface area contributed by atoms with Crippen molar-refractivity contribution < 1.29 is 22.5 Å². The average Bonchev–Trinajstić information content (AvgIpc) is 2.95. The van der Waals surface area contributed by atoms with Crippen molar-refractivity contribution in [3.8, 4) is 11.3 Å². The van der Waals surface area contributed by atoms with E-state index in [1.807, 2.05) is 4.90 Å². The number of amides is 1. The molecule has 0 N–H and O–H groups in total. The molecule has 1 saturated heterocycles. The molecule has 0 spiro atoms. The highest BCUT2D eigenvalue weighted by Crippen LogP contribution is 2.33. The molecule has 4 rings (SSSR count). The maximum absolute atomic E-state index is 13.4. The van der Waals surface area contributed by atoms with Crippen LogP contribution >= 0.6 is 0 Å². The lowest BCUT2D eigenvalue weighted by atomic mass is 10.0. The first-order valence-electron chi connectivity index (χ1n) is 9.98. The molecule has 3 aromatic rings. The first kappa shape index (κ1) is 20.4. The highest BCUT2D eigenvalue weighted by atomic mass is 19.4. The second kappa shape index (κ2) is 7.74. The van der Waals surface area contributed by atoms with Crippen molar-refractivity contribution in [1.82, 2.24) is 15.0 Å². The van der Waals surface area contributed by atoms with Crippen molar-refractivity contribution in [2.75, 3.05) is 13.1 Å². The number of nitrogens with zero attached hydrogens (tertiary/aromatic N) is 3. The van der Waals surface area contributed by atoms with Crippen molar-refractivity contribution in [3.63, 3.8) is 0 Å². The summed E-state index contributed by atoms with van der Waals surface area (Å²) < 4.78 is 44.7. The average molecular weight is 417 g/mol. The van der Waals surface area contributed by atoms with Crippen LogP contribution in [0.2, 0.25) is 0 Å². The zero-order chi connectivity index (χ0) is 21.5. The number of aromatic nitrogens is 2. The van der Waals surface area contributed by atoms with E-state index in [-0.39, 0.29) is 22.9 Å². The fourth-order valence-corrected chi connectivity index (χ4v) is 3.98. The number of pyridine rings is 1. The smallest absolute Gasteiger partial charge is 0.338 e. The number of halogens is 3. The molecule has 1 unspecified atom stereocenters. The number of carbonyl (C=O) groups is 1. The van der Waals surface area contributed by atoms with E-state index in [1.54, 1.807) is 13.0 Å². The molecule has 1 amide bonds. The molecule has 8 heteroatoms. The van der Waals surface area contributed by atoms with Gasteiger partial charge in [-0.2, -0.15) is 13.2 Å². The van der Waals surface area contributed by atoms with Gasteiger partial charge >= 0.3 is 6.18 Å². The summed E-state index contributed by atoms with van der Waals surface area (Å²) in [4.78, 5) is 19.6. The number of aryl methyl sites for hydroxylation is 1. The van der Waals surface area contributed by atoms with Gasteiger partial charge in [0.25, 0.3) is 11.6 Å². The van der Waals surface area contributed by atoms with E-state index < -0.39 is 11.7 Å². The van der Waals surface area contributed by atoms with Crippen molar-refractivity contribution in [2.45, 2.75) is 39.3 Å². The minimum Gasteiger partial charge on any atom is -0.338 e. The predicted molar refractivity (Wildman–Crippen MR) is 106 cm³/mol. The molecule has 0 radical (unpaired) electrons. The number of likely N-dealkylation sites (tertiary alicyclic amines) is 1. The first-order valence-corrected chi connectivity index (χ1v) is 9.98. The van der Waals surface area contributed by atoms with Gasteiger partial charge in [0.15, 0.2) is 0 Å². The lowest BCUT2D eigenvalue weighted by Crippen LogP contribution is -2.34. The van der Waals surface area contributed by atoms with Crippen LogP contribution in [-0.2, 0) is 6.18 Å². The van der Waals surface area contributed by atoms with Gasteiger partial charge in [0.2, 0.25) is 0 Å². The number of fused-ring (bicyclic) bond motifs is 1. The molecule has 2 aromatic heterocycles. The number of hydrogen-bond acceptors (Lipinski definition) is 4. The largest absolute Gasteiger partial charge is 0.416 e. The Bertz CT molecular complexity index is 1090. The summed E-state index contributed by atoms with van der Waals surface area (Å²) in [6, 6.07) is 6.45. The van der Waals surface area contributed by atoms with Gasteiger partial charge in [0, 0.05) is 18.7 Å². The molecule has 3 heterocycles. The van der Waals surface area contributed by atoms with Crippen LogP contribution in [0, 0.1) is 12.8 Å². The van der Waals surface area contributed by atoms with Crippen molar-refractivity contribution >= 4 is 17.0 Å².